The molecule has 2 aliphatic heterocycles. The Kier molecular flexibility index (Phi) is 3.56. The van der Waals surface area contributed by atoms with E-state index in [1.54, 1.807) is 7.11 Å². The van der Waals surface area contributed by atoms with Crippen LogP contribution in [0.4, 0.5) is 0 Å². The third kappa shape index (κ3) is 2.15. The molecule has 110 valence electrons. The number of ether oxygens (including phenoxy) is 1. The zero-order valence-electron chi connectivity index (χ0n) is 12.4. The number of methoxy groups -OCH3 is 1. The molecule has 20 heavy (non-hydrogen) atoms. The van der Waals surface area contributed by atoms with Gasteiger partial charge >= 0.3 is 0 Å². The normalized spacial score (nSPS) is 29.6. The van der Waals surface area contributed by atoms with Gasteiger partial charge in [-0.15, -0.1) is 0 Å². The van der Waals surface area contributed by atoms with E-state index in [2.05, 4.69) is 35.9 Å². The molecule has 0 saturated carbocycles. The van der Waals surface area contributed by atoms with Gasteiger partial charge in [-0.1, -0.05) is 0 Å². The van der Waals surface area contributed by atoms with Gasteiger partial charge in [0.1, 0.15) is 0 Å². The molecule has 0 bridgehead atoms. The van der Waals surface area contributed by atoms with Crippen molar-refractivity contribution in [3.8, 4) is 0 Å². The van der Waals surface area contributed by atoms with E-state index < -0.39 is 0 Å². The van der Waals surface area contributed by atoms with Crippen molar-refractivity contribution in [1.82, 2.24) is 14.8 Å². The lowest BCUT2D eigenvalue weighted by molar-refractivity contribution is -0.136. The molecular formula is C15H23N3O2. The molecule has 3 heterocycles. The van der Waals surface area contributed by atoms with Gasteiger partial charge in [-0.25, -0.2) is 0 Å². The van der Waals surface area contributed by atoms with Gasteiger partial charge in [0.2, 0.25) is 5.91 Å². The van der Waals surface area contributed by atoms with Gasteiger partial charge in [0.05, 0.1) is 18.2 Å². The van der Waals surface area contributed by atoms with Gasteiger partial charge in [-0.05, 0) is 32.4 Å². The molecule has 1 aromatic heterocycles. The van der Waals surface area contributed by atoms with E-state index in [1.807, 2.05) is 4.90 Å². The van der Waals surface area contributed by atoms with Crippen LogP contribution in [-0.4, -0.2) is 47.7 Å². The van der Waals surface area contributed by atoms with Gasteiger partial charge in [0.25, 0.3) is 0 Å². The predicted octanol–water partition coefficient (Wildman–Crippen LogP) is 1.08. The van der Waals surface area contributed by atoms with Gasteiger partial charge < -0.3 is 19.5 Å². The van der Waals surface area contributed by atoms with Crippen LogP contribution in [0.3, 0.4) is 0 Å². The number of aryl methyl sites for hydroxylation is 1. The molecule has 1 N–H and O–H groups in total. The maximum absolute atomic E-state index is 12.7. The van der Waals surface area contributed by atoms with Gasteiger partial charge in [0.15, 0.2) is 0 Å². The zero-order valence-corrected chi connectivity index (χ0v) is 12.4. The number of carbonyl (C=O) groups excluding carboxylic acids is 1. The Bertz CT molecular complexity index is 511. The quantitative estimate of drug-likeness (QED) is 0.880. The summed E-state index contributed by atoms with van der Waals surface area (Å²) in [5.74, 6) is 0.210. The summed E-state index contributed by atoms with van der Waals surface area (Å²) in [7, 11) is 1.71. The largest absolute Gasteiger partial charge is 0.380 e. The van der Waals surface area contributed by atoms with Gasteiger partial charge in [0, 0.05) is 38.1 Å². The molecular weight excluding hydrogens is 254 g/mol. The van der Waals surface area contributed by atoms with Crippen molar-refractivity contribution in [1.29, 1.82) is 0 Å². The van der Waals surface area contributed by atoms with Crippen LogP contribution in [0.5, 0.6) is 0 Å². The van der Waals surface area contributed by atoms with Crippen molar-refractivity contribution in [2.75, 3.05) is 20.2 Å². The minimum Gasteiger partial charge on any atom is -0.380 e. The molecule has 1 amide bonds. The molecule has 2 aliphatic rings. The summed E-state index contributed by atoms with van der Waals surface area (Å²) in [4.78, 5) is 14.7. The first-order chi connectivity index (χ1) is 9.61. The fourth-order valence-electron chi connectivity index (χ4n) is 3.39. The minimum absolute atomic E-state index is 0.0926. The molecule has 0 aromatic carbocycles. The number of carbonyl (C=O) groups is 1. The summed E-state index contributed by atoms with van der Waals surface area (Å²) >= 11 is 0. The van der Waals surface area contributed by atoms with Crippen molar-refractivity contribution in [3.63, 3.8) is 0 Å². The van der Waals surface area contributed by atoms with E-state index in [0.717, 1.165) is 26.1 Å². The van der Waals surface area contributed by atoms with Crippen molar-refractivity contribution in [2.24, 2.45) is 0 Å². The lowest BCUT2D eigenvalue weighted by atomic mass is 10.1. The molecule has 0 aliphatic carbocycles. The van der Waals surface area contributed by atoms with Crippen molar-refractivity contribution in [2.45, 2.75) is 45.0 Å². The number of amides is 1. The van der Waals surface area contributed by atoms with Crippen LogP contribution < -0.4 is 5.32 Å². The summed E-state index contributed by atoms with van der Waals surface area (Å²) in [6.07, 6.45) is 0.939. The second kappa shape index (κ2) is 5.22. The zero-order chi connectivity index (χ0) is 14.3. The molecule has 1 saturated heterocycles. The second-order valence-corrected chi connectivity index (χ2v) is 5.81. The van der Waals surface area contributed by atoms with Crippen molar-refractivity contribution in [3.05, 3.63) is 23.5 Å². The molecule has 1 fully saturated rings. The Morgan fingerprint density at radius 2 is 2.20 bits per heavy atom. The van der Waals surface area contributed by atoms with Crippen LogP contribution in [0, 0.1) is 6.92 Å². The van der Waals surface area contributed by atoms with Crippen LogP contribution >= 0.6 is 0 Å². The smallest absolute Gasteiger partial charge is 0.240 e. The molecule has 3 rings (SSSR count). The van der Waals surface area contributed by atoms with Gasteiger partial charge in [-0.3, -0.25) is 4.79 Å². The highest BCUT2D eigenvalue weighted by Gasteiger charge is 2.36. The highest BCUT2D eigenvalue weighted by atomic mass is 16.5. The summed E-state index contributed by atoms with van der Waals surface area (Å²) in [5, 5.41) is 3.28. The Hall–Kier alpha value is -1.33. The lowest BCUT2D eigenvalue weighted by Crippen LogP contribution is -2.48. The average molecular weight is 277 g/mol. The third-order valence-electron chi connectivity index (χ3n) is 4.70. The monoisotopic (exact) mass is 277 g/mol. The Morgan fingerprint density at radius 3 is 2.90 bits per heavy atom. The minimum atomic E-state index is -0.0926. The predicted molar refractivity (Wildman–Crippen MR) is 76.5 cm³/mol. The number of hydrogen-bond donors (Lipinski definition) is 1. The second-order valence-electron chi connectivity index (χ2n) is 5.81. The number of fused-ring (bicyclic) bond motifs is 1. The summed E-state index contributed by atoms with van der Waals surface area (Å²) in [5.41, 5.74) is 2.51. The van der Waals surface area contributed by atoms with Crippen LogP contribution in [0.1, 0.15) is 30.8 Å². The molecule has 0 spiro atoms. The summed E-state index contributed by atoms with van der Waals surface area (Å²) < 4.78 is 7.64. The Labute approximate surface area is 119 Å². The first-order valence-electron chi connectivity index (χ1n) is 7.34. The summed E-state index contributed by atoms with van der Waals surface area (Å²) in [6, 6.07) is 4.33. The molecule has 1 aromatic rings. The Morgan fingerprint density at radius 1 is 1.40 bits per heavy atom. The third-order valence-corrected chi connectivity index (χ3v) is 4.70. The first kappa shape index (κ1) is 13.6. The average Bonchev–Trinajstić information content (AvgIpc) is 3.06. The van der Waals surface area contributed by atoms with Gasteiger partial charge in [-0.2, -0.15) is 0 Å². The molecule has 5 heteroatoms. The SMILES string of the molecule is COC1CNC(C(=O)N2CCn3c(C)ccc3C2C)C1. The number of aromatic nitrogens is 1. The van der Waals surface area contributed by atoms with Crippen molar-refractivity contribution >= 4 is 5.91 Å². The fourth-order valence-corrected chi connectivity index (χ4v) is 3.39. The topological polar surface area (TPSA) is 46.5 Å². The maximum atomic E-state index is 12.7. The fraction of sp³-hybridized carbons (Fsp3) is 0.667. The highest BCUT2D eigenvalue weighted by molar-refractivity contribution is 5.82. The van der Waals surface area contributed by atoms with E-state index in [0.29, 0.717) is 0 Å². The van der Waals surface area contributed by atoms with Crippen molar-refractivity contribution < 1.29 is 9.53 Å². The highest BCUT2D eigenvalue weighted by Crippen LogP contribution is 2.28. The number of hydrogen-bond acceptors (Lipinski definition) is 3. The maximum Gasteiger partial charge on any atom is 0.240 e. The van der Waals surface area contributed by atoms with Crippen LogP contribution in [0.25, 0.3) is 0 Å². The van der Waals surface area contributed by atoms with E-state index in [9.17, 15) is 4.79 Å². The van der Waals surface area contributed by atoms with Crippen LogP contribution in [0.15, 0.2) is 12.1 Å². The number of nitrogens with one attached hydrogen (secondary N) is 1. The lowest BCUT2D eigenvalue weighted by Gasteiger charge is -2.37. The first-order valence-corrected chi connectivity index (χ1v) is 7.34. The molecule has 5 nitrogen and oxygen atoms in total. The van der Waals surface area contributed by atoms with E-state index in [4.69, 9.17) is 4.74 Å². The number of nitrogens with zero attached hydrogens (tertiary/aromatic N) is 2. The van der Waals surface area contributed by atoms with E-state index >= 15 is 0 Å². The van der Waals surface area contributed by atoms with Crippen LogP contribution in [-0.2, 0) is 16.1 Å². The van der Waals surface area contributed by atoms with Crippen LogP contribution in [0.2, 0.25) is 0 Å². The molecule has 3 atom stereocenters. The standard InChI is InChI=1S/C15H23N3O2/c1-10-4-5-14-11(2)18(7-6-17(10)14)15(19)13-8-12(20-3)9-16-13/h4-5,11-13,16H,6-9H2,1-3H3. The molecule has 3 unspecified atom stereocenters. The van der Waals surface area contributed by atoms with E-state index in [-0.39, 0.29) is 24.1 Å². The Balaban J connectivity index is 1.74. The van der Waals surface area contributed by atoms with E-state index in [1.165, 1.54) is 11.4 Å². The molecule has 0 radical (unpaired) electrons. The summed E-state index contributed by atoms with van der Waals surface area (Å²) in [6.45, 7) is 6.69. The number of rotatable bonds is 2.